The van der Waals surface area contributed by atoms with Crippen molar-refractivity contribution < 1.29 is 23.7 Å². The summed E-state index contributed by atoms with van der Waals surface area (Å²) in [5.41, 5.74) is 0.888. The number of thiazole rings is 1. The summed E-state index contributed by atoms with van der Waals surface area (Å²) in [5, 5.41) is 12.8. The highest BCUT2D eigenvalue weighted by Gasteiger charge is 2.19. The summed E-state index contributed by atoms with van der Waals surface area (Å²) < 4.78 is 23.4. The third-order valence-electron chi connectivity index (χ3n) is 5.73. The molecule has 4 aromatic rings. The maximum Gasteiger partial charge on any atom is 0.273 e. The van der Waals surface area contributed by atoms with Gasteiger partial charge in [0.15, 0.2) is 17.1 Å². The van der Waals surface area contributed by atoms with Gasteiger partial charge in [0.05, 0.1) is 44.3 Å². The molecule has 0 spiro atoms. The molecule has 0 unspecified atom stereocenters. The van der Waals surface area contributed by atoms with Crippen LogP contribution in [0.25, 0.3) is 17.3 Å². The molecule has 1 heterocycles. The molecule has 0 saturated heterocycles. The molecule has 0 aliphatic rings. The molecule has 0 bridgehead atoms. The van der Waals surface area contributed by atoms with Gasteiger partial charge in [-0.15, -0.1) is 11.3 Å². The van der Waals surface area contributed by atoms with Crippen molar-refractivity contribution in [3.05, 3.63) is 91.8 Å². The van der Waals surface area contributed by atoms with Crippen molar-refractivity contribution in [3.63, 3.8) is 0 Å². The summed E-state index contributed by atoms with van der Waals surface area (Å²) in [6.07, 6.45) is 1.65. The Morgan fingerprint density at radius 2 is 1.51 bits per heavy atom. The molecule has 3 aromatic carbocycles. The molecule has 0 atom stereocenters. The second-order valence-electron chi connectivity index (χ2n) is 7.99. The van der Waals surface area contributed by atoms with Gasteiger partial charge in [-0.3, -0.25) is 14.2 Å². The molecule has 1 N–H and O–H groups in total. The first-order valence-electron chi connectivity index (χ1n) is 11.6. The molecule has 9 nitrogen and oxygen atoms in total. The summed E-state index contributed by atoms with van der Waals surface area (Å²) in [4.78, 5) is 27.0. The minimum absolute atomic E-state index is 0.180. The van der Waals surface area contributed by atoms with Crippen LogP contribution in [0, 0.1) is 11.3 Å². The number of hydrogen-bond acceptors (Lipinski definition) is 8. The predicted octanol–water partition coefficient (Wildman–Crippen LogP) is 3.08. The number of nitriles is 1. The molecule has 0 aliphatic heterocycles. The number of anilines is 1. The number of para-hydroxylation sites is 3. The van der Waals surface area contributed by atoms with Gasteiger partial charge < -0.3 is 24.3 Å². The first-order chi connectivity index (χ1) is 18.9. The topological polar surface area (TPSA) is 112 Å². The van der Waals surface area contributed by atoms with Gasteiger partial charge >= 0.3 is 0 Å². The number of methoxy groups -OCH3 is 4. The molecule has 1 aromatic heterocycles. The van der Waals surface area contributed by atoms with Crippen LogP contribution < -0.4 is 39.0 Å². The number of benzene rings is 3. The van der Waals surface area contributed by atoms with Crippen LogP contribution in [0.1, 0.15) is 5.56 Å². The van der Waals surface area contributed by atoms with Gasteiger partial charge in [0.2, 0.25) is 5.75 Å². The zero-order chi connectivity index (χ0) is 27.9. The van der Waals surface area contributed by atoms with E-state index in [1.807, 2.05) is 12.1 Å². The molecule has 39 heavy (non-hydrogen) atoms. The zero-order valence-electron chi connectivity index (χ0n) is 21.7. The maximum atomic E-state index is 13.7. The van der Waals surface area contributed by atoms with Crippen LogP contribution in [-0.2, 0) is 4.79 Å². The van der Waals surface area contributed by atoms with E-state index < -0.39 is 11.5 Å². The van der Waals surface area contributed by atoms with Crippen LogP contribution in [0.2, 0.25) is 0 Å². The minimum atomic E-state index is -0.674. The number of nitrogens with zero attached hydrogens (tertiary/aromatic N) is 2. The highest BCUT2D eigenvalue weighted by molar-refractivity contribution is 7.07. The summed E-state index contributed by atoms with van der Waals surface area (Å²) in [6, 6.07) is 21.1. The normalized spacial score (nSPS) is 11.8. The first-order valence-corrected chi connectivity index (χ1v) is 12.4. The van der Waals surface area contributed by atoms with Crippen molar-refractivity contribution in [3.8, 4) is 34.8 Å². The lowest BCUT2D eigenvalue weighted by molar-refractivity contribution is -0.111. The van der Waals surface area contributed by atoms with E-state index in [0.29, 0.717) is 44.5 Å². The molecule has 1 amide bonds. The van der Waals surface area contributed by atoms with Crippen molar-refractivity contribution in [2.45, 2.75) is 0 Å². The summed E-state index contributed by atoms with van der Waals surface area (Å²) in [7, 11) is 5.99. The van der Waals surface area contributed by atoms with E-state index in [9.17, 15) is 14.9 Å². The van der Waals surface area contributed by atoms with Crippen LogP contribution in [0.15, 0.2) is 71.5 Å². The Morgan fingerprint density at radius 1 is 0.897 bits per heavy atom. The Bertz CT molecular complexity index is 1710. The van der Waals surface area contributed by atoms with Gasteiger partial charge in [-0.2, -0.15) is 5.26 Å². The van der Waals surface area contributed by atoms with Crippen LogP contribution in [0.5, 0.6) is 23.0 Å². The van der Waals surface area contributed by atoms with Gasteiger partial charge in [-0.1, -0.05) is 30.3 Å². The van der Waals surface area contributed by atoms with E-state index in [2.05, 4.69) is 5.32 Å². The minimum Gasteiger partial charge on any atom is -0.495 e. The van der Waals surface area contributed by atoms with Crippen LogP contribution in [-0.4, -0.2) is 38.9 Å². The van der Waals surface area contributed by atoms with Crippen molar-refractivity contribution in [2.24, 2.45) is 0 Å². The van der Waals surface area contributed by atoms with E-state index in [0.717, 1.165) is 11.3 Å². The number of amides is 1. The Labute approximate surface area is 228 Å². The van der Waals surface area contributed by atoms with Gasteiger partial charge in [0, 0.05) is 0 Å². The summed E-state index contributed by atoms with van der Waals surface area (Å²) >= 11 is 1.02. The van der Waals surface area contributed by atoms with Crippen LogP contribution in [0.4, 0.5) is 5.69 Å². The number of aromatic nitrogens is 1. The SMILES string of the molecule is COc1ccccc1NC(=O)C(C#N)=c1sc(=Cc2cc(OC)c(OC)c(OC)c2)c(=O)n1-c1ccccc1. The first kappa shape index (κ1) is 27.0. The molecule has 198 valence electrons. The molecular weight excluding hydrogens is 518 g/mol. The standard InChI is InChI=1S/C29H25N3O6S/c1-35-22-13-9-8-12-21(22)31-27(33)20(17-30)29-32(19-10-6-5-7-11-19)28(34)25(39-29)16-18-14-23(36-2)26(38-4)24(15-18)37-3/h5-16H,1-4H3,(H,31,33). The molecular formula is C29H25N3O6S. The molecule has 0 aliphatic carbocycles. The van der Waals surface area contributed by atoms with Gasteiger partial charge in [-0.05, 0) is 48.0 Å². The maximum absolute atomic E-state index is 13.7. The van der Waals surface area contributed by atoms with E-state index in [1.54, 1.807) is 66.7 Å². The largest absolute Gasteiger partial charge is 0.495 e. The lowest BCUT2D eigenvalue weighted by Crippen LogP contribution is -2.32. The second kappa shape index (κ2) is 12.0. The van der Waals surface area contributed by atoms with E-state index >= 15 is 0 Å². The lowest BCUT2D eigenvalue weighted by Gasteiger charge is -2.12. The Hall–Kier alpha value is -5.01. The number of rotatable bonds is 8. The van der Waals surface area contributed by atoms with E-state index in [-0.39, 0.29) is 10.2 Å². The van der Waals surface area contributed by atoms with Crippen molar-refractivity contribution in [1.82, 2.24) is 4.57 Å². The number of carbonyl (C=O) groups is 1. The van der Waals surface area contributed by atoms with Crippen LogP contribution in [0.3, 0.4) is 0 Å². The summed E-state index contributed by atoms with van der Waals surface area (Å²) in [6.45, 7) is 0. The highest BCUT2D eigenvalue weighted by Crippen LogP contribution is 2.38. The van der Waals surface area contributed by atoms with Crippen molar-refractivity contribution in [1.29, 1.82) is 5.26 Å². The Balaban J connectivity index is 1.97. The van der Waals surface area contributed by atoms with Crippen molar-refractivity contribution in [2.75, 3.05) is 33.8 Å². The average molecular weight is 544 g/mol. The molecule has 0 fully saturated rings. The lowest BCUT2D eigenvalue weighted by atomic mass is 10.1. The number of nitrogens with one attached hydrogen (secondary N) is 1. The van der Waals surface area contributed by atoms with Crippen LogP contribution >= 0.6 is 11.3 Å². The smallest absolute Gasteiger partial charge is 0.273 e. The highest BCUT2D eigenvalue weighted by atomic mass is 32.1. The van der Waals surface area contributed by atoms with Crippen molar-refractivity contribution >= 4 is 34.6 Å². The fourth-order valence-electron chi connectivity index (χ4n) is 3.93. The fourth-order valence-corrected chi connectivity index (χ4v) is 5.03. The number of ether oxygens (including phenoxy) is 4. The second-order valence-corrected chi connectivity index (χ2v) is 9.02. The monoisotopic (exact) mass is 543 g/mol. The van der Waals surface area contributed by atoms with E-state index in [1.165, 1.54) is 33.0 Å². The third-order valence-corrected chi connectivity index (χ3v) is 6.82. The number of carbonyl (C=O) groups excluding carboxylic acids is 1. The zero-order valence-corrected chi connectivity index (χ0v) is 22.5. The molecule has 0 radical (unpaired) electrons. The molecule has 4 rings (SSSR count). The van der Waals surface area contributed by atoms with Gasteiger partial charge in [-0.25, -0.2) is 0 Å². The number of hydrogen-bond donors (Lipinski definition) is 1. The Kier molecular flexibility index (Phi) is 8.33. The Morgan fingerprint density at radius 3 is 2.10 bits per heavy atom. The van der Waals surface area contributed by atoms with E-state index in [4.69, 9.17) is 18.9 Å². The summed E-state index contributed by atoms with van der Waals surface area (Å²) in [5.74, 6) is 1.02. The third kappa shape index (κ3) is 5.49. The average Bonchev–Trinajstić information content (AvgIpc) is 3.28. The van der Waals surface area contributed by atoms with Gasteiger partial charge in [0.25, 0.3) is 11.5 Å². The fraction of sp³-hybridized carbons (Fsp3) is 0.138. The quantitative estimate of drug-likeness (QED) is 0.364. The van der Waals surface area contributed by atoms with Gasteiger partial charge in [0.1, 0.15) is 16.5 Å². The molecule has 10 heteroatoms. The molecule has 0 saturated carbocycles. The predicted molar refractivity (Wildman–Crippen MR) is 149 cm³/mol.